The second kappa shape index (κ2) is 13.5. The molecule has 178 valence electrons. The van der Waals surface area contributed by atoms with Crippen LogP contribution in [0, 0.1) is 5.92 Å². The molecule has 1 heterocycles. The number of halogens is 1. The number of benzene rings is 1. The Labute approximate surface area is 200 Å². The molecule has 0 atom stereocenters. The highest BCUT2D eigenvalue weighted by Gasteiger charge is 2.12. The molecule has 0 unspecified atom stereocenters. The van der Waals surface area contributed by atoms with E-state index in [1.807, 2.05) is 31.3 Å². The minimum atomic E-state index is 0.418. The molecule has 0 amide bonds. The molecule has 0 saturated carbocycles. The molecule has 8 heteroatoms. The van der Waals surface area contributed by atoms with Crippen molar-refractivity contribution in [2.24, 2.45) is 5.92 Å². The topological polar surface area (TPSA) is 82.6 Å². The molecule has 0 spiro atoms. The Morgan fingerprint density at radius 1 is 1.18 bits per heavy atom. The molecule has 1 N–H and O–H groups in total. The van der Waals surface area contributed by atoms with Gasteiger partial charge in [0.2, 0.25) is 5.88 Å². The van der Waals surface area contributed by atoms with Gasteiger partial charge in [-0.3, -0.25) is 0 Å². The number of carbonyl (C=O) groups excluding carboxylic acids is 1. The Balaban J connectivity index is 0.000000414. The molecule has 3 rings (SSSR count). The summed E-state index contributed by atoms with van der Waals surface area (Å²) in [6, 6.07) is 5.40. The average molecular weight is 474 g/mol. The van der Waals surface area contributed by atoms with E-state index in [0.717, 1.165) is 41.8 Å². The van der Waals surface area contributed by atoms with Crippen molar-refractivity contribution in [3.63, 3.8) is 0 Å². The molecule has 0 aliphatic heterocycles. The molecule has 7 nitrogen and oxygen atoms in total. The molecule has 0 radical (unpaired) electrons. The summed E-state index contributed by atoms with van der Waals surface area (Å²) in [4.78, 5) is 18.5. The highest BCUT2D eigenvalue weighted by atomic mass is 35.5. The predicted molar refractivity (Wildman–Crippen MR) is 132 cm³/mol. The Morgan fingerprint density at radius 2 is 1.94 bits per heavy atom. The molecule has 0 saturated heterocycles. The van der Waals surface area contributed by atoms with Gasteiger partial charge in [0, 0.05) is 26.0 Å². The molecule has 1 aliphatic carbocycles. The van der Waals surface area contributed by atoms with Gasteiger partial charge < -0.3 is 24.3 Å². The fourth-order valence-corrected chi connectivity index (χ4v) is 3.53. The number of carbonyl (C=O) groups is 1. The Kier molecular flexibility index (Phi) is 10.7. The van der Waals surface area contributed by atoms with E-state index in [9.17, 15) is 4.79 Å². The molecule has 2 aromatic rings. The summed E-state index contributed by atoms with van der Waals surface area (Å²) in [5.41, 5.74) is 0.824. The van der Waals surface area contributed by atoms with Crippen molar-refractivity contribution in [3.8, 4) is 11.6 Å². The van der Waals surface area contributed by atoms with Crippen molar-refractivity contribution in [1.82, 2.24) is 9.97 Å². The summed E-state index contributed by atoms with van der Waals surface area (Å²) < 4.78 is 16.7. The van der Waals surface area contributed by atoms with Gasteiger partial charge in [0.05, 0.1) is 35.5 Å². The summed E-state index contributed by atoms with van der Waals surface area (Å²) in [6.45, 7) is 4.25. The van der Waals surface area contributed by atoms with Crippen LogP contribution in [-0.2, 0) is 14.3 Å². The number of aromatic nitrogens is 2. The van der Waals surface area contributed by atoms with Crippen molar-refractivity contribution in [1.29, 1.82) is 0 Å². The third kappa shape index (κ3) is 7.22. The first-order chi connectivity index (χ1) is 16.0. The number of methoxy groups -OCH3 is 2. The van der Waals surface area contributed by atoms with Gasteiger partial charge in [-0.25, -0.2) is 9.97 Å². The molecule has 0 bridgehead atoms. The van der Waals surface area contributed by atoms with Crippen LogP contribution in [0.3, 0.4) is 0 Å². The summed E-state index contributed by atoms with van der Waals surface area (Å²) in [5.74, 6) is 2.96. The van der Waals surface area contributed by atoms with Crippen molar-refractivity contribution in [3.05, 3.63) is 51.6 Å². The lowest BCUT2D eigenvalue weighted by atomic mass is 10.0. The Hall–Kier alpha value is -3.06. The highest BCUT2D eigenvalue weighted by Crippen LogP contribution is 2.28. The minimum absolute atomic E-state index is 0.418. The Bertz CT molecular complexity index is 1080. The number of ether oxygens (including phenoxy) is 3. The average Bonchev–Trinajstić information content (AvgIpc) is 3.02. The number of hydrogen-bond donors (Lipinski definition) is 1. The molecule has 33 heavy (non-hydrogen) atoms. The van der Waals surface area contributed by atoms with Crippen LogP contribution < -0.4 is 20.6 Å². The van der Waals surface area contributed by atoms with Crippen LogP contribution >= 0.6 is 11.6 Å². The maximum Gasteiger partial charge on any atom is 0.230 e. The van der Waals surface area contributed by atoms with Crippen molar-refractivity contribution < 1.29 is 19.0 Å². The maximum absolute atomic E-state index is 9.93. The lowest BCUT2D eigenvalue weighted by Gasteiger charge is -2.09. The van der Waals surface area contributed by atoms with Crippen LogP contribution in [0.1, 0.15) is 39.5 Å². The lowest BCUT2D eigenvalue weighted by molar-refractivity contribution is -0.108. The first-order valence-electron chi connectivity index (χ1n) is 10.9. The summed E-state index contributed by atoms with van der Waals surface area (Å²) in [6.07, 6.45) is 9.82. The van der Waals surface area contributed by atoms with Crippen LogP contribution in [0.15, 0.2) is 36.0 Å². The van der Waals surface area contributed by atoms with Crippen LogP contribution in [0.4, 0.5) is 5.69 Å². The number of nitrogens with zero attached hydrogens (tertiary/aromatic N) is 2. The van der Waals surface area contributed by atoms with Gasteiger partial charge in [0.15, 0.2) is 5.76 Å². The third-order valence-electron chi connectivity index (χ3n) is 5.38. The van der Waals surface area contributed by atoms with E-state index in [1.54, 1.807) is 20.3 Å². The zero-order chi connectivity index (χ0) is 24.2. The molecule has 1 aliphatic rings. The molecule has 1 aromatic heterocycles. The zero-order valence-corrected chi connectivity index (χ0v) is 20.6. The van der Waals surface area contributed by atoms with Crippen molar-refractivity contribution >= 4 is 35.7 Å². The van der Waals surface area contributed by atoms with Gasteiger partial charge in [-0.1, -0.05) is 44.4 Å². The maximum atomic E-state index is 9.93. The van der Waals surface area contributed by atoms with Crippen molar-refractivity contribution in [2.45, 2.75) is 39.5 Å². The van der Waals surface area contributed by atoms with Gasteiger partial charge in [0.1, 0.15) is 24.1 Å². The van der Waals surface area contributed by atoms with Gasteiger partial charge >= 0.3 is 0 Å². The lowest BCUT2D eigenvalue weighted by Crippen LogP contribution is -2.30. The smallest absolute Gasteiger partial charge is 0.230 e. The number of hydrogen-bond acceptors (Lipinski definition) is 7. The molecular formula is C25H32ClN3O4. The van der Waals surface area contributed by atoms with E-state index < -0.39 is 0 Å². The van der Waals surface area contributed by atoms with Gasteiger partial charge in [0.25, 0.3) is 0 Å². The monoisotopic (exact) mass is 473 g/mol. The quantitative estimate of drug-likeness (QED) is 0.539. The van der Waals surface area contributed by atoms with Gasteiger partial charge in [-0.15, -0.1) is 0 Å². The SMILES string of the molecule is CCC(CC)CC=O.CNc1ccc(Oc2ncnc3c2=CC(OC)=C(OC)CC=3)cc1Cl. The minimum Gasteiger partial charge on any atom is -0.497 e. The van der Waals surface area contributed by atoms with E-state index in [2.05, 4.69) is 29.1 Å². The normalized spacial score (nSPS) is 12.3. The summed E-state index contributed by atoms with van der Waals surface area (Å²) >= 11 is 6.22. The van der Waals surface area contributed by atoms with Crippen LogP contribution in [0.2, 0.25) is 5.02 Å². The van der Waals surface area contributed by atoms with E-state index in [4.69, 9.17) is 25.8 Å². The summed E-state index contributed by atoms with van der Waals surface area (Å²) in [7, 11) is 5.01. The van der Waals surface area contributed by atoms with Gasteiger partial charge in [-0.2, -0.15) is 0 Å². The van der Waals surface area contributed by atoms with E-state index in [1.165, 1.54) is 6.33 Å². The number of aldehydes is 1. The number of fused-ring (bicyclic) bond motifs is 1. The van der Waals surface area contributed by atoms with Crippen LogP contribution in [0.5, 0.6) is 11.6 Å². The number of nitrogens with one attached hydrogen (secondary N) is 1. The van der Waals surface area contributed by atoms with E-state index in [-0.39, 0.29) is 0 Å². The molecule has 1 aromatic carbocycles. The third-order valence-corrected chi connectivity index (χ3v) is 5.70. The molecule has 0 fully saturated rings. The second-order valence-electron chi connectivity index (χ2n) is 7.30. The van der Waals surface area contributed by atoms with E-state index in [0.29, 0.717) is 40.5 Å². The first kappa shape index (κ1) is 26.2. The van der Waals surface area contributed by atoms with Crippen LogP contribution in [-0.4, -0.2) is 37.5 Å². The zero-order valence-electron chi connectivity index (χ0n) is 19.9. The summed E-state index contributed by atoms with van der Waals surface area (Å²) in [5, 5.41) is 5.05. The Morgan fingerprint density at radius 3 is 2.48 bits per heavy atom. The predicted octanol–water partition coefficient (Wildman–Crippen LogP) is 4.44. The first-order valence-corrected chi connectivity index (χ1v) is 11.3. The standard InChI is InChI=1S/C18H18ClN3O3.C7H14O/c1-20-15-5-4-11(8-13(15)19)25-18-12-9-17(24-3)16(23-2)7-6-14(12)21-10-22-18;1-3-7(4-2)5-6-8/h4-6,8-10,20H,7H2,1-3H3;6-7H,3-5H2,1-2H3. The van der Waals surface area contributed by atoms with E-state index >= 15 is 0 Å². The number of allylic oxidation sites excluding steroid dienone is 2. The number of anilines is 1. The molecular weight excluding hydrogens is 442 g/mol. The largest absolute Gasteiger partial charge is 0.497 e. The fraction of sp³-hybridized carbons (Fsp3) is 0.400. The number of rotatable bonds is 9. The highest BCUT2D eigenvalue weighted by molar-refractivity contribution is 6.33. The fourth-order valence-electron chi connectivity index (χ4n) is 3.26. The van der Waals surface area contributed by atoms with Gasteiger partial charge in [-0.05, 0) is 24.1 Å². The van der Waals surface area contributed by atoms with Crippen molar-refractivity contribution in [2.75, 3.05) is 26.6 Å². The van der Waals surface area contributed by atoms with Crippen LogP contribution in [0.25, 0.3) is 12.2 Å². The second-order valence-corrected chi connectivity index (χ2v) is 7.71.